The summed E-state index contributed by atoms with van der Waals surface area (Å²) in [5, 5.41) is 3.35. The number of benzene rings is 2. The van der Waals surface area contributed by atoms with Gasteiger partial charge < -0.3 is 24.5 Å². The summed E-state index contributed by atoms with van der Waals surface area (Å²) in [6.07, 6.45) is 5.31. The van der Waals surface area contributed by atoms with Gasteiger partial charge in [-0.15, -0.1) is 0 Å². The fourth-order valence-electron chi connectivity index (χ4n) is 4.40. The van der Waals surface area contributed by atoms with Crippen LogP contribution in [-0.2, 0) is 0 Å². The van der Waals surface area contributed by atoms with Crippen LogP contribution >= 0.6 is 12.2 Å². The summed E-state index contributed by atoms with van der Waals surface area (Å²) in [7, 11) is 4.53. The maximum absolute atomic E-state index is 13.2. The Balaban J connectivity index is 1.66. The number of aromatic amines is 1. The number of carbonyl (C=O) groups is 1. The standard InChI is InChI=1S/C24H27N3O5S/c1-30-19-12-15(13-20(31-2)21(19)32-3)25-22(28)14-9-10-17-18(11-14)26-24(33)27(23(17)29)16-7-5-4-6-8-16/h9-13,16H,4-8H2,1-3H3,(H,25,28)(H,26,33). The number of amides is 1. The molecule has 2 aromatic carbocycles. The molecule has 0 bridgehead atoms. The van der Waals surface area contributed by atoms with Crippen LogP contribution in [0.3, 0.4) is 0 Å². The Morgan fingerprint density at radius 1 is 1.03 bits per heavy atom. The number of carbonyl (C=O) groups excluding carboxylic acids is 1. The molecule has 1 saturated carbocycles. The molecule has 2 N–H and O–H groups in total. The van der Waals surface area contributed by atoms with Crippen LogP contribution in [0, 0.1) is 4.77 Å². The van der Waals surface area contributed by atoms with E-state index >= 15 is 0 Å². The lowest BCUT2D eigenvalue weighted by molar-refractivity contribution is 0.102. The van der Waals surface area contributed by atoms with Crippen LogP contribution in [0.5, 0.6) is 17.2 Å². The van der Waals surface area contributed by atoms with Gasteiger partial charge in [-0.2, -0.15) is 0 Å². The predicted octanol–water partition coefficient (Wildman–Crippen LogP) is 4.84. The third-order valence-corrected chi connectivity index (χ3v) is 6.35. The van der Waals surface area contributed by atoms with E-state index in [1.54, 1.807) is 34.9 Å². The third kappa shape index (κ3) is 4.45. The van der Waals surface area contributed by atoms with Crippen molar-refractivity contribution in [2.75, 3.05) is 26.6 Å². The zero-order valence-corrected chi connectivity index (χ0v) is 19.7. The number of hydrogen-bond donors (Lipinski definition) is 2. The highest BCUT2D eigenvalue weighted by molar-refractivity contribution is 7.71. The van der Waals surface area contributed by atoms with Crippen molar-refractivity contribution in [2.24, 2.45) is 0 Å². The molecule has 0 atom stereocenters. The quantitative estimate of drug-likeness (QED) is 0.502. The maximum Gasteiger partial charge on any atom is 0.262 e. The molecule has 1 aromatic heterocycles. The zero-order chi connectivity index (χ0) is 23.5. The van der Waals surface area contributed by atoms with E-state index in [1.165, 1.54) is 27.8 Å². The van der Waals surface area contributed by atoms with E-state index in [1.807, 2.05) is 0 Å². The number of nitrogens with one attached hydrogen (secondary N) is 2. The minimum atomic E-state index is -0.345. The molecule has 9 heteroatoms. The maximum atomic E-state index is 13.2. The highest BCUT2D eigenvalue weighted by Gasteiger charge is 2.20. The Hall–Kier alpha value is -3.33. The number of methoxy groups -OCH3 is 3. The summed E-state index contributed by atoms with van der Waals surface area (Å²) in [5.41, 5.74) is 1.29. The number of aromatic nitrogens is 2. The zero-order valence-electron chi connectivity index (χ0n) is 18.9. The molecule has 0 unspecified atom stereocenters. The summed E-state index contributed by atoms with van der Waals surface area (Å²) in [6, 6.07) is 8.38. The molecule has 0 saturated heterocycles. The second-order valence-electron chi connectivity index (χ2n) is 8.03. The van der Waals surface area contributed by atoms with Crippen molar-refractivity contribution in [2.45, 2.75) is 38.1 Å². The van der Waals surface area contributed by atoms with Crippen molar-refractivity contribution in [3.63, 3.8) is 0 Å². The first-order chi connectivity index (χ1) is 16.0. The van der Waals surface area contributed by atoms with Crippen molar-refractivity contribution in [1.29, 1.82) is 0 Å². The molecule has 1 amide bonds. The molecule has 1 aliphatic rings. The molecular formula is C24H27N3O5S. The van der Waals surface area contributed by atoms with Crippen LogP contribution in [0.25, 0.3) is 10.9 Å². The second-order valence-corrected chi connectivity index (χ2v) is 8.41. The first-order valence-electron chi connectivity index (χ1n) is 10.9. The van der Waals surface area contributed by atoms with Gasteiger partial charge in [-0.3, -0.25) is 14.2 Å². The summed E-state index contributed by atoms with van der Waals surface area (Å²) in [6.45, 7) is 0. The topological polar surface area (TPSA) is 94.6 Å². The van der Waals surface area contributed by atoms with Crippen LogP contribution < -0.4 is 25.1 Å². The molecule has 0 spiro atoms. The molecule has 1 heterocycles. The van der Waals surface area contributed by atoms with Crippen molar-refractivity contribution < 1.29 is 19.0 Å². The lowest BCUT2D eigenvalue weighted by atomic mass is 9.95. The van der Waals surface area contributed by atoms with Gasteiger partial charge in [0.15, 0.2) is 16.3 Å². The number of H-pyrrole nitrogens is 1. The molecule has 4 rings (SSSR count). The molecule has 1 aliphatic carbocycles. The van der Waals surface area contributed by atoms with Gasteiger partial charge in [-0.1, -0.05) is 19.3 Å². The lowest BCUT2D eigenvalue weighted by Gasteiger charge is -2.24. The molecule has 33 heavy (non-hydrogen) atoms. The Kier molecular flexibility index (Phi) is 6.69. The third-order valence-electron chi connectivity index (χ3n) is 6.05. The van der Waals surface area contributed by atoms with Crippen LogP contribution in [0.2, 0.25) is 0 Å². The van der Waals surface area contributed by atoms with Gasteiger partial charge in [0.25, 0.3) is 11.5 Å². The minimum Gasteiger partial charge on any atom is -0.493 e. The Morgan fingerprint density at radius 2 is 1.70 bits per heavy atom. The Bertz CT molecular complexity index is 1280. The molecule has 174 valence electrons. The summed E-state index contributed by atoms with van der Waals surface area (Å²) >= 11 is 5.51. The van der Waals surface area contributed by atoms with Gasteiger partial charge >= 0.3 is 0 Å². The van der Waals surface area contributed by atoms with Crippen molar-refractivity contribution in [3.8, 4) is 17.2 Å². The molecule has 0 radical (unpaired) electrons. The number of rotatable bonds is 6. The number of nitrogens with zero attached hydrogens (tertiary/aromatic N) is 1. The number of hydrogen-bond acceptors (Lipinski definition) is 6. The van der Waals surface area contributed by atoms with Crippen molar-refractivity contribution in [3.05, 3.63) is 51.0 Å². The molecule has 8 nitrogen and oxygen atoms in total. The number of anilines is 1. The first kappa shape index (κ1) is 22.8. The van der Waals surface area contributed by atoms with E-state index in [0.29, 0.717) is 44.2 Å². The van der Waals surface area contributed by atoms with Gasteiger partial charge in [-0.25, -0.2) is 0 Å². The van der Waals surface area contributed by atoms with E-state index < -0.39 is 0 Å². The van der Waals surface area contributed by atoms with Crippen molar-refractivity contribution in [1.82, 2.24) is 9.55 Å². The van der Waals surface area contributed by atoms with Gasteiger partial charge in [0.2, 0.25) is 5.75 Å². The van der Waals surface area contributed by atoms with Crippen LogP contribution in [0.15, 0.2) is 35.1 Å². The smallest absolute Gasteiger partial charge is 0.262 e. The van der Waals surface area contributed by atoms with Gasteiger partial charge in [0.05, 0.1) is 32.2 Å². The average Bonchev–Trinajstić information content (AvgIpc) is 2.83. The normalized spacial score (nSPS) is 14.2. The molecule has 1 fully saturated rings. The molecule has 0 aliphatic heterocycles. The van der Waals surface area contributed by atoms with Gasteiger partial charge in [-0.05, 0) is 43.3 Å². The Morgan fingerprint density at radius 3 is 2.30 bits per heavy atom. The predicted molar refractivity (Wildman–Crippen MR) is 130 cm³/mol. The lowest BCUT2D eigenvalue weighted by Crippen LogP contribution is -2.28. The average molecular weight is 470 g/mol. The number of ether oxygens (including phenoxy) is 3. The monoisotopic (exact) mass is 469 g/mol. The highest BCUT2D eigenvalue weighted by Crippen LogP contribution is 2.40. The summed E-state index contributed by atoms with van der Waals surface area (Å²) < 4.78 is 18.1. The van der Waals surface area contributed by atoms with Gasteiger partial charge in [0, 0.05) is 29.4 Å². The van der Waals surface area contributed by atoms with E-state index in [0.717, 1.165) is 25.7 Å². The second kappa shape index (κ2) is 9.66. The molecular weight excluding hydrogens is 442 g/mol. The van der Waals surface area contributed by atoms with Gasteiger partial charge in [0.1, 0.15) is 0 Å². The summed E-state index contributed by atoms with van der Waals surface area (Å²) in [5.74, 6) is 0.948. The summed E-state index contributed by atoms with van der Waals surface area (Å²) in [4.78, 5) is 29.3. The fourth-order valence-corrected chi connectivity index (χ4v) is 4.74. The Labute approximate surface area is 196 Å². The molecule has 3 aromatic rings. The largest absolute Gasteiger partial charge is 0.493 e. The minimum absolute atomic E-state index is 0.114. The van der Waals surface area contributed by atoms with Crippen LogP contribution in [0.1, 0.15) is 48.5 Å². The van der Waals surface area contributed by atoms with Crippen LogP contribution in [-0.4, -0.2) is 36.8 Å². The van der Waals surface area contributed by atoms with E-state index in [4.69, 9.17) is 26.4 Å². The first-order valence-corrected chi connectivity index (χ1v) is 11.3. The van der Waals surface area contributed by atoms with E-state index in [9.17, 15) is 9.59 Å². The highest BCUT2D eigenvalue weighted by atomic mass is 32.1. The van der Waals surface area contributed by atoms with E-state index in [-0.39, 0.29) is 17.5 Å². The fraction of sp³-hybridized carbons (Fsp3) is 0.375. The van der Waals surface area contributed by atoms with Crippen molar-refractivity contribution >= 4 is 34.7 Å². The number of fused-ring (bicyclic) bond motifs is 1. The SMILES string of the molecule is COc1cc(NC(=O)c2ccc3c(=O)n(C4CCCCC4)c(=S)[nH]c3c2)cc(OC)c1OC. The van der Waals surface area contributed by atoms with Crippen LogP contribution in [0.4, 0.5) is 5.69 Å². The van der Waals surface area contributed by atoms with E-state index in [2.05, 4.69) is 10.3 Å².